The number of anilines is 4. The number of ether oxygens (including phenoxy) is 2. The Bertz CT molecular complexity index is 1840. The third-order valence-electron chi connectivity index (χ3n) is 6.66. The van der Waals surface area contributed by atoms with Crippen LogP contribution in [0.4, 0.5) is 21.6 Å². The number of halogens is 4. The zero-order valence-electron chi connectivity index (χ0n) is 23.1. The summed E-state index contributed by atoms with van der Waals surface area (Å²) in [6.45, 7) is 0. The van der Waals surface area contributed by atoms with E-state index in [2.05, 4.69) is 10.6 Å². The maximum absolute atomic E-state index is 6.19. The molecular weight excluding hydrogens is 678 g/mol. The quantitative estimate of drug-likeness (QED) is 0.157. The van der Waals surface area contributed by atoms with Gasteiger partial charge in [-0.1, -0.05) is 70.7 Å². The highest BCUT2D eigenvalue weighted by Crippen LogP contribution is 2.39. The van der Waals surface area contributed by atoms with E-state index in [1.807, 2.05) is 59.3 Å². The number of rotatable bonds is 9. The van der Waals surface area contributed by atoms with Gasteiger partial charge in [0.05, 0.1) is 57.1 Å². The third kappa shape index (κ3) is 6.61. The molecule has 0 unspecified atom stereocenters. The first-order valence-corrected chi connectivity index (χ1v) is 16.3. The zero-order chi connectivity index (χ0) is 30.8. The van der Waals surface area contributed by atoms with Crippen LogP contribution in [0.2, 0.25) is 20.1 Å². The van der Waals surface area contributed by atoms with Gasteiger partial charge < -0.3 is 20.1 Å². The van der Waals surface area contributed by atoms with Gasteiger partial charge in [0.25, 0.3) is 0 Å². The molecule has 0 radical (unpaired) electrons. The predicted octanol–water partition coefficient (Wildman–Crippen LogP) is 11.7. The maximum Gasteiger partial charge on any atom is 0.187 e. The second-order valence-electron chi connectivity index (χ2n) is 9.41. The Morgan fingerprint density at radius 2 is 0.932 bits per heavy atom. The molecule has 0 aliphatic rings. The monoisotopic (exact) mass is 698 g/mol. The molecule has 0 aliphatic carbocycles. The number of aromatic nitrogens is 2. The van der Waals surface area contributed by atoms with Gasteiger partial charge in [0.1, 0.15) is 11.5 Å². The molecule has 0 amide bonds. The molecule has 0 spiro atoms. The Kier molecular flexibility index (Phi) is 9.18. The van der Waals surface area contributed by atoms with E-state index in [1.54, 1.807) is 38.5 Å². The Balaban J connectivity index is 1.19. The highest BCUT2D eigenvalue weighted by atomic mass is 35.5. The van der Waals surface area contributed by atoms with Crippen LogP contribution >= 0.6 is 69.1 Å². The van der Waals surface area contributed by atoms with Gasteiger partial charge in [-0.05, 0) is 59.7 Å². The number of nitrogens with one attached hydrogen (secondary N) is 2. The Morgan fingerprint density at radius 3 is 1.32 bits per heavy atom. The summed E-state index contributed by atoms with van der Waals surface area (Å²) in [6, 6.07) is 22.8. The summed E-state index contributed by atoms with van der Waals surface area (Å²) in [5.41, 5.74) is 6.88. The van der Waals surface area contributed by atoms with Crippen molar-refractivity contribution >= 4 is 90.7 Å². The molecule has 2 aromatic heterocycles. The standard InChI is InChI=1S/C32H22Cl4N4O2S2/c1-41-29-13-17(5-9-25(29)37-31-39-27(15-43-31)19-3-7-21(33)23(35)11-19)18-6-10-26(30(14-18)42-2)38-32-40-28(16-44-32)20-4-8-22(34)24(36)12-20/h3-16H,1-2H3,(H,37,39)(H,38,40). The minimum atomic E-state index is 0.488. The molecule has 4 aromatic carbocycles. The number of benzene rings is 4. The molecule has 0 atom stereocenters. The smallest absolute Gasteiger partial charge is 0.187 e. The molecule has 0 bridgehead atoms. The molecule has 6 rings (SSSR count). The van der Waals surface area contributed by atoms with Crippen molar-refractivity contribution in [3.8, 4) is 45.1 Å². The fourth-order valence-corrected chi connectivity index (χ4v) is 6.48. The van der Waals surface area contributed by atoms with Gasteiger partial charge in [0.2, 0.25) is 0 Å². The van der Waals surface area contributed by atoms with Gasteiger partial charge in [-0.15, -0.1) is 22.7 Å². The van der Waals surface area contributed by atoms with E-state index in [9.17, 15) is 0 Å². The van der Waals surface area contributed by atoms with Crippen molar-refractivity contribution < 1.29 is 9.47 Å². The summed E-state index contributed by atoms with van der Waals surface area (Å²) in [5, 5.41) is 14.1. The van der Waals surface area contributed by atoms with Gasteiger partial charge in [0.15, 0.2) is 10.3 Å². The van der Waals surface area contributed by atoms with Gasteiger partial charge in [-0.2, -0.15) is 0 Å². The Labute approximate surface area is 282 Å². The van der Waals surface area contributed by atoms with E-state index in [0.717, 1.165) is 55.3 Å². The number of thiazole rings is 2. The van der Waals surface area contributed by atoms with Gasteiger partial charge in [-0.25, -0.2) is 9.97 Å². The van der Waals surface area contributed by atoms with Crippen LogP contribution in [0.25, 0.3) is 33.6 Å². The highest BCUT2D eigenvalue weighted by Gasteiger charge is 2.14. The summed E-state index contributed by atoms with van der Waals surface area (Å²) in [5.74, 6) is 1.35. The fourth-order valence-electron chi connectivity index (χ4n) is 4.42. The lowest BCUT2D eigenvalue weighted by atomic mass is 10.0. The first kappa shape index (κ1) is 30.5. The minimum absolute atomic E-state index is 0.488. The molecule has 6 aromatic rings. The van der Waals surface area contributed by atoms with Crippen LogP contribution in [0.1, 0.15) is 0 Å². The SMILES string of the molecule is COc1cc(-c2ccc(Nc3nc(-c4ccc(Cl)c(Cl)c4)cs3)c(OC)c2)ccc1Nc1nc(-c2ccc(Cl)c(Cl)c2)cs1. The molecule has 0 fully saturated rings. The molecule has 222 valence electrons. The van der Waals surface area contributed by atoms with Gasteiger partial charge in [0, 0.05) is 21.9 Å². The average molecular weight is 701 g/mol. The van der Waals surface area contributed by atoms with Crippen molar-refractivity contribution in [2.45, 2.75) is 0 Å². The van der Waals surface area contributed by atoms with Crippen LogP contribution in [0, 0.1) is 0 Å². The lowest BCUT2D eigenvalue weighted by Gasteiger charge is -2.14. The average Bonchev–Trinajstić information content (AvgIpc) is 3.70. The summed E-state index contributed by atoms with van der Waals surface area (Å²) in [7, 11) is 3.28. The maximum atomic E-state index is 6.19. The number of hydrogen-bond acceptors (Lipinski definition) is 8. The van der Waals surface area contributed by atoms with E-state index in [1.165, 1.54) is 22.7 Å². The molecule has 0 saturated carbocycles. The van der Waals surface area contributed by atoms with E-state index in [0.29, 0.717) is 31.6 Å². The predicted molar refractivity (Wildman–Crippen MR) is 187 cm³/mol. The third-order valence-corrected chi connectivity index (χ3v) is 9.65. The minimum Gasteiger partial charge on any atom is -0.495 e. The van der Waals surface area contributed by atoms with Crippen LogP contribution in [-0.4, -0.2) is 24.2 Å². The zero-order valence-corrected chi connectivity index (χ0v) is 27.8. The van der Waals surface area contributed by atoms with Crippen molar-refractivity contribution in [2.75, 3.05) is 24.9 Å². The molecule has 44 heavy (non-hydrogen) atoms. The van der Waals surface area contributed by atoms with Crippen LogP contribution in [0.3, 0.4) is 0 Å². The molecule has 0 aliphatic heterocycles. The van der Waals surface area contributed by atoms with E-state index in [-0.39, 0.29) is 0 Å². The van der Waals surface area contributed by atoms with Crippen LogP contribution in [0.15, 0.2) is 83.6 Å². The Hall–Kier alpha value is -3.50. The summed E-state index contributed by atoms with van der Waals surface area (Å²) >= 11 is 27.5. The van der Waals surface area contributed by atoms with Gasteiger partial charge in [-0.3, -0.25) is 0 Å². The van der Waals surface area contributed by atoms with E-state index >= 15 is 0 Å². The first-order valence-electron chi connectivity index (χ1n) is 13.0. The molecular formula is C32H22Cl4N4O2S2. The summed E-state index contributed by atoms with van der Waals surface area (Å²) in [4.78, 5) is 9.41. The van der Waals surface area contributed by atoms with Crippen molar-refractivity contribution in [3.63, 3.8) is 0 Å². The molecule has 6 nitrogen and oxygen atoms in total. The van der Waals surface area contributed by atoms with Crippen molar-refractivity contribution in [1.29, 1.82) is 0 Å². The molecule has 2 N–H and O–H groups in total. The van der Waals surface area contributed by atoms with Crippen LogP contribution in [0.5, 0.6) is 11.5 Å². The highest BCUT2D eigenvalue weighted by molar-refractivity contribution is 7.14. The number of hydrogen-bond donors (Lipinski definition) is 2. The number of methoxy groups -OCH3 is 2. The second kappa shape index (κ2) is 13.2. The topological polar surface area (TPSA) is 68.3 Å². The van der Waals surface area contributed by atoms with Crippen LogP contribution < -0.4 is 20.1 Å². The molecule has 12 heteroatoms. The first-order chi connectivity index (χ1) is 21.3. The van der Waals surface area contributed by atoms with Crippen molar-refractivity contribution in [1.82, 2.24) is 9.97 Å². The van der Waals surface area contributed by atoms with Crippen LogP contribution in [-0.2, 0) is 0 Å². The van der Waals surface area contributed by atoms with Gasteiger partial charge >= 0.3 is 0 Å². The fraction of sp³-hybridized carbons (Fsp3) is 0.0625. The summed E-state index contributed by atoms with van der Waals surface area (Å²) in [6.07, 6.45) is 0. The largest absolute Gasteiger partial charge is 0.495 e. The van der Waals surface area contributed by atoms with E-state index in [4.69, 9.17) is 65.8 Å². The number of nitrogens with zero attached hydrogens (tertiary/aromatic N) is 2. The molecule has 0 saturated heterocycles. The second-order valence-corrected chi connectivity index (χ2v) is 12.8. The molecule has 2 heterocycles. The van der Waals surface area contributed by atoms with E-state index < -0.39 is 0 Å². The normalized spacial score (nSPS) is 11.0. The van der Waals surface area contributed by atoms with Crippen molar-refractivity contribution in [2.24, 2.45) is 0 Å². The lowest BCUT2D eigenvalue weighted by Crippen LogP contribution is -1.96. The van der Waals surface area contributed by atoms with Crippen molar-refractivity contribution in [3.05, 3.63) is 104 Å². The lowest BCUT2D eigenvalue weighted by molar-refractivity contribution is 0.416. The summed E-state index contributed by atoms with van der Waals surface area (Å²) < 4.78 is 11.5. The Morgan fingerprint density at radius 1 is 0.523 bits per heavy atom.